The van der Waals surface area contributed by atoms with Gasteiger partial charge in [-0.1, -0.05) is 32.0 Å². The van der Waals surface area contributed by atoms with Crippen molar-refractivity contribution < 1.29 is 9.59 Å². The SMILES string of the molecule is CC(C)[C@@H](C(=O)Nc1cnn(C)c1)N1Cc2ccccc2C1=O. The molecular formula is C17H20N4O2. The van der Waals surface area contributed by atoms with Crippen LogP contribution in [0, 0.1) is 5.92 Å². The van der Waals surface area contributed by atoms with Gasteiger partial charge in [-0.25, -0.2) is 0 Å². The number of hydrogen-bond donors (Lipinski definition) is 1. The van der Waals surface area contributed by atoms with Gasteiger partial charge in [0.05, 0.1) is 11.9 Å². The van der Waals surface area contributed by atoms with Crippen molar-refractivity contribution in [3.05, 3.63) is 47.8 Å². The molecule has 0 saturated heterocycles. The van der Waals surface area contributed by atoms with E-state index in [9.17, 15) is 9.59 Å². The Bertz CT molecular complexity index is 751. The van der Waals surface area contributed by atoms with Crippen molar-refractivity contribution in [3.8, 4) is 0 Å². The summed E-state index contributed by atoms with van der Waals surface area (Å²) in [5.41, 5.74) is 2.29. The van der Waals surface area contributed by atoms with Gasteiger partial charge >= 0.3 is 0 Å². The zero-order valence-corrected chi connectivity index (χ0v) is 13.5. The van der Waals surface area contributed by atoms with Crippen LogP contribution in [0.5, 0.6) is 0 Å². The van der Waals surface area contributed by atoms with Crippen molar-refractivity contribution in [2.75, 3.05) is 5.32 Å². The van der Waals surface area contributed by atoms with Gasteiger partial charge in [-0.2, -0.15) is 5.10 Å². The van der Waals surface area contributed by atoms with E-state index in [4.69, 9.17) is 0 Å². The van der Waals surface area contributed by atoms with Crippen molar-refractivity contribution in [1.82, 2.24) is 14.7 Å². The lowest BCUT2D eigenvalue weighted by molar-refractivity contribution is -0.122. The van der Waals surface area contributed by atoms with E-state index < -0.39 is 6.04 Å². The quantitative estimate of drug-likeness (QED) is 0.939. The highest BCUT2D eigenvalue weighted by molar-refractivity contribution is 6.03. The van der Waals surface area contributed by atoms with E-state index in [0.717, 1.165) is 5.56 Å². The first kappa shape index (κ1) is 15.3. The largest absolute Gasteiger partial charge is 0.322 e. The summed E-state index contributed by atoms with van der Waals surface area (Å²) in [5.74, 6) is -0.264. The smallest absolute Gasteiger partial charge is 0.255 e. The zero-order valence-electron chi connectivity index (χ0n) is 13.5. The van der Waals surface area contributed by atoms with Crippen molar-refractivity contribution in [1.29, 1.82) is 0 Å². The number of aryl methyl sites for hydroxylation is 1. The average Bonchev–Trinajstić information content (AvgIpc) is 3.04. The second kappa shape index (κ2) is 5.87. The normalized spacial score (nSPS) is 15.0. The topological polar surface area (TPSA) is 67.2 Å². The van der Waals surface area contributed by atoms with Crippen molar-refractivity contribution in [3.63, 3.8) is 0 Å². The van der Waals surface area contributed by atoms with Crippen LogP contribution in [-0.4, -0.2) is 32.5 Å². The molecule has 1 aromatic carbocycles. The van der Waals surface area contributed by atoms with Crippen LogP contribution in [0.15, 0.2) is 36.7 Å². The lowest BCUT2D eigenvalue weighted by Crippen LogP contribution is -2.47. The lowest BCUT2D eigenvalue weighted by Gasteiger charge is -2.29. The first-order valence-corrected chi connectivity index (χ1v) is 7.65. The summed E-state index contributed by atoms with van der Waals surface area (Å²) in [4.78, 5) is 27.0. The Hall–Kier alpha value is -2.63. The molecule has 1 atom stereocenters. The highest BCUT2D eigenvalue weighted by atomic mass is 16.2. The first-order chi connectivity index (χ1) is 11.0. The fraction of sp³-hybridized carbons (Fsp3) is 0.353. The zero-order chi connectivity index (χ0) is 16.6. The molecule has 0 radical (unpaired) electrons. The van der Waals surface area contributed by atoms with Gasteiger partial charge in [-0.15, -0.1) is 0 Å². The summed E-state index contributed by atoms with van der Waals surface area (Å²) in [6.45, 7) is 4.37. The van der Waals surface area contributed by atoms with Crippen LogP contribution >= 0.6 is 0 Å². The maximum absolute atomic E-state index is 12.7. The molecule has 1 aromatic heterocycles. The third-order valence-electron chi connectivity index (χ3n) is 4.06. The van der Waals surface area contributed by atoms with Crippen molar-refractivity contribution in [2.24, 2.45) is 13.0 Å². The van der Waals surface area contributed by atoms with E-state index in [-0.39, 0.29) is 17.7 Å². The fourth-order valence-electron chi connectivity index (χ4n) is 3.01. The molecule has 0 spiro atoms. The van der Waals surface area contributed by atoms with Crippen LogP contribution in [0.4, 0.5) is 5.69 Å². The number of rotatable bonds is 4. The Morgan fingerprint density at radius 2 is 2.04 bits per heavy atom. The first-order valence-electron chi connectivity index (χ1n) is 7.65. The Balaban J connectivity index is 1.83. The number of aromatic nitrogens is 2. The van der Waals surface area contributed by atoms with Gasteiger partial charge in [-0.3, -0.25) is 14.3 Å². The molecule has 1 aliphatic heterocycles. The van der Waals surface area contributed by atoms with Crippen LogP contribution in [0.25, 0.3) is 0 Å². The molecule has 120 valence electrons. The average molecular weight is 312 g/mol. The second-order valence-corrected chi connectivity index (χ2v) is 6.17. The van der Waals surface area contributed by atoms with E-state index in [1.165, 1.54) is 0 Å². The molecule has 2 aromatic rings. The fourth-order valence-corrected chi connectivity index (χ4v) is 3.01. The number of fused-ring (bicyclic) bond motifs is 1. The summed E-state index contributed by atoms with van der Waals surface area (Å²) < 4.78 is 1.62. The third kappa shape index (κ3) is 2.84. The van der Waals surface area contributed by atoms with Gasteiger partial charge in [0.1, 0.15) is 6.04 Å². The predicted molar refractivity (Wildman–Crippen MR) is 86.8 cm³/mol. The summed E-state index contributed by atoms with van der Waals surface area (Å²) >= 11 is 0. The van der Waals surface area contributed by atoms with E-state index in [1.54, 1.807) is 29.0 Å². The van der Waals surface area contributed by atoms with Crippen molar-refractivity contribution >= 4 is 17.5 Å². The van der Waals surface area contributed by atoms with Gasteiger partial charge in [0.2, 0.25) is 5.91 Å². The molecule has 6 nitrogen and oxygen atoms in total. The number of anilines is 1. The minimum Gasteiger partial charge on any atom is -0.322 e. The van der Waals surface area contributed by atoms with E-state index >= 15 is 0 Å². The van der Waals surface area contributed by atoms with E-state index in [0.29, 0.717) is 17.8 Å². The molecule has 1 N–H and O–H groups in total. The van der Waals surface area contributed by atoms with Gasteiger partial charge in [0.25, 0.3) is 5.91 Å². The van der Waals surface area contributed by atoms with E-state index in [1.807, 2.05) is 38.1 Å². The molecule has 23 heavy (non-hydrogen) atoms. The maximum atomic E-state index is 12.7. The summed E-state index contributed by atoms with van der Waals surface area (Å²) in [7, 11) is 1.79. The highest BCUT2D eigenvalue weighted by Gasteiger charge is 2.37. The molecule has 0 unspecified atom stereocenters. The predicted octanol–water partition coefficient (Wildman–Crippen LogP) is 2.04. The molecule has 1 aliphatic rings. The standard InChI is InChI=1S/C17H20N4O2/c1-11(2)15(16(22)19-13-8-18-20(3)10-13)21-9-12-6-4-5-7-14(12)17(21)23/h4-8,10-11,15H,9H2,1-3H3,(H,19,22)/t15-/m0/s1. The van der Waals surface area contributed by atoms with Crippen LogP contribution in [-0.2, 0) is 18.4 Å². The van der Waals surface area contributed by atoms with Crippen molar-refractivity contribution in [2.45, 2.75) is 26.4 Å². The Morgan fingerprint density at radius 3 is 2.65 bits per heavy atom. The summed E-state index contributed by atoms with van der Waals surface area (Å²) in [6.07, 6.45) is 3.33. The molecule has 2 heterocycles. The number of amides is 2. The molecule has 6 heteroatoms. The van der Waals surface area contributed by atoms with Gasteiger partial charge in [-0.05, 0) is 17.5 Å². The number of carbonyl (C=O) groups is 2. The van der Waals surface area contributed by atoms with Gasteiger partial charge in [0, 0.05) is 25.4 Å². The van der Waals surface area contributed by atoms with Gasteiger partial charge < -0.3 is 10.2 Å². The Labute approximate surface area is 135 Å². The van der Waals surface area contributed by atoms with Crippen LogP contribution in [0.1, 0.15) is 29.8 Å². The monoisotopic (exact) mass is 312 g/mol. The van der Waals surface area contributed by atoms with Crippen LogP contribution < -0.4 is 5.32 Å². The number of benzene rings is 1. The van der Waals surface area contributed by atoms with Crippen LogP contribution in [0.2, 0.25) is 0 Å². The maximum Gasteiger partial charge on any atom is 0.255 e. The number of nitrogens with zero attached hydrogens (tertiary/aromatic N) is 3. The molecule has 0 fully saturated rings. The minimum atomic E-state index is -0.518. The third-order valence-corrected chi connectivity index (χ3v) is 4.06. The molecule has 0 saturated carbocycles. The highest BCUT2D eigenvalue weighted by Crippen LogP contribution is 2.27. The lowest BCUT2D eigenvalue weighted by atomic mass is 10.0. The van der Waals surface area contributed by atoms with Gasteiger partial charge in [0.15, 0.2) is 0 Å². The second-order valence-electron chi connectivity index (χ2n) is 6.17. The Kier molecular flexibility index (Phi) is 3.90. The molecule has 0 aliphatic carbocycles. The molecule has 3 rings (SSSR count). The van der Waals surface area contributed by atoms with Crippen LogP contribution in [0.3, 0.4) is 0 Å². The van der Waals surface area contributed by atoms with E-state index in [2.05, 4.69) is 10.4 Å². The molecular weight excluding hydrogens is 292 g/mol. The summed E-state index contributed by atoms with van der Waals surface area (Å²) in [5, 5.41) is 6.89. The number of hydrogen-bond acceptors (Lipinski definition) is 3. The molecule has 2 amide bonds. The molecule has 0 bridgehead atoms. The number of carbonyl (C=O) groups excluding carboxylic acids is 2. The summed E-state index contributed by atoms with van der Waals surface area (Å²) in [6, 6.07) is 6.99. The minimum absolute atomic E-state index is 0.00457. The number of nitrogens with one attached hydrogen (secondary N) is 1. The Morgan fingerprint density at radius 1 is 1.30 bits per heavy atom.